The van der Waals surface area contributed by atoms with Gasteiger partial charge >= 0.3 is 0 Å². The number of carbonyl (C=O) groups excluding carboxylic acids is 1. The molecular weight excluding hydrogens is 302 g/mol. The number of aromatic nitrogens is 4. The van der Waals surface area contributed by atoms with Crippen molar-refractivity contribution in [2.45, 2.75) is 39.7 Å². The molecule has 0 bridgehead atoms. The number of benzene rings is 1. The highest BCUT2D eigenvalue weighted by atomic mass is 16.1. The number of nitrogens with zero attached hydrogens (tertiary/aromatic N) is 4. The lowest BCUT2D eigenvalue weighted by molar-refractivity contribution is 0.102. The van der Waals surface area contributed by atoms with Crippen LogP contribution < -0.4 is 5.32 Å². The molecule has 124 valence electrons. The molecule has 0 unspecified atom stereocenters. The smallest absolute Gasteiger partial charge is 0.259 e. The van der Waals surface area contributed by atoms with Crippen molar-refractivity contribution in [1.82, 2.24) is 19.7 Å². The largest absolute Gasteiger partial charge is 0.306 e. The molecule has 0 spiro atoms. The first kappa shape index (κ1) is 16.1. The Morgan fingerprint density at radius 2 is 1.96 bits per heavy atom. The van der Waals surface area contributed by atoms with E-state index in [1.807, 2.05) is 23.7 Å². The Bertz CT molecular complexity index is 861. The van der Waals surface area contributed by atoms with Crippen molar-refractivity contribution in [3.63, 3.8) is 0 Å². The lowest BCUT2D eigenvalue weighted by atomic mass is 10.1. The molecule has 0 saturated heterocycles. The van der Waals surface area contributed by atoms with Crippen LogP contribution >= 0.6 is 0 Å². The average Bonchev–Trinajstić information content (AvgIpc) is 2.96. The predicted octanol–water partition coefficient (Wildman–Crippen LogP) is 3.75. The molecule has 1 aromatic carbocycles. The second-order valence-corrected chi connectivity index (χ2v) is 5.77. The summed E-state index contributed by atoms with van der Waals surface area (Å²) < 4.78 is 1.91. The van der Waals surface area contributed by atoms with Gasteiger partial charge in [0, 0.05) is 18.0 Å². The minimum Gasteiger partial charge on any atom is -0.306 e. The zero-order valence-electron chi connectivity index (χ0n) is 14.2. The van der Waals surface area contributed by atoms with Crippen LogP contribution in [0, 0.1) is 6.92 Å². The van der Waals surface area contributed by atoms with Crippen LogP contribution in [0.15, 0.2) is 36.8 Å². The monoisotopic (exact) mass is 323 g/mol. The fourth-order valence-corrected chi connectivity index (χ4v) is 2.87. The van der Waals surface area contributed by atoms with Gasteiger partial charge in [-0.25, -0.2) is 4.68 Å². The van der Waals surface area contributed by atoms with Crippen LogP contribution in [0.25, 0.3) is 11.0 Å². The van der Waals surface area contributed by atoms with Crippen molar-refractivity contribution in [1.29, 1.82) is 0 Å². The van der Waals surface area contributed by atoms with Gasteiger partial charge < -0.3 is 5.32 Å². The van der Waals surface area contributed by atoms with Crippen molar-refractivity contribution in [2.24, 2.45) is 0 Å². The number of carbonyl (C=O) groups is 1. The van der Waals surface area contributed by atoms with Crippen LogP contribution in [0.5, 0.6) is 0 Å². The maximum atomic E-state index is 12.8. The van der Waals surface area contributed by atoms with Gasteiger partial charge in [-0.05, 0) is 31.9 Å². The Kier molecular flexibility index (Phi) is 4.55. The molecule has 0 atom stereocenters. The summed E-state index contributed by atoms with van der Waals surface area (Å²) in [5.41, 5.74) is 2.76. The molecular formula is C18H21N5O. The van der Waals surface area contributed by atoms with Crippen LogP contribution in [-0.2, 0) is 0 Å². The number of fused-ring (bicyclic) bond motifs is 1. The van der Waals surface area contributed by atoms with Crippen LogP contribution in [0.4, 0.5) is 5.82 Å². The van der Waals surface area contributed by atoms with Gasteiger partial charge in [0.15, 0.2) is 0 Å². The van der Waals surface area contributed by atoms with Crippen LogP contribution in [0.1, 0.15) is 48.7 Å². The Morgan fingerprint density at radius 1 is 1.21 bits per heavy atom. The third-order valence-electron chi connectivity index (χ3n) is 4.24. The number of nitrogens with one attached hydrogen (secondary N) is 1. The van der Waals surface area contributed by atoms with E-state index in [-0.39, 0.29) is 11.9 Å². The van der Waals surface area contributed by atoms with Gasteiger partial charge in [0.2, 0.25) is 0 Å². The van der Waals surface area contributed by atoms with Crippen LogP contribution in [-0.4, -0.2) is 25.7 Å². The number of hydrogen-bond donors (Lipinski definition) is 1. The summed E-state index contributed by atoms with van der Waals surface area (Å²) in [5, 5.41) is 7.45. The summed E-state index contributed by atoms with van der Waals surface area (Å²) in [6.07, 6.45) is 6.92. The number of para-hydroxylation sites is 1. The number of rotatable bonds is 5. The summed E-state index contributed by atoms with van der Waals surface area (Å²) in [6.45, 7) is 6.19. The molecule has 0 aliphatic carbocycles. The third-order valence-corrected chi connectivity index (χ3v) is 4.24. The normalized spacial score (nSPS) is 11.2. The van der Waals surface area contributed by atoms with Gasteiger partial charge in [0.1, 0.15) is 11.3 Å². The second kappa shape index (κ2) is 6.78. The molecule has 1 N–H and O–H groups in total. The van der Waals surface area contributed by atoms with E-state index in [2.05, 4.69) is 34.2 Å². The summed E-state index contributed by atoms with van der Waals surface area (Å²) in [4.78, 5) is 21.4. The van der Waals surface area contributed by atoms with E-state index in [1.165, 1.54) is 0 Å². The Morgan fingerprint density at radius 3 is 2.71 bits per heavy atom. The van der Waals surface area contributed by atoms with Gasteiger partial charge in [0.05, 0.1) is 23.3 Å². The highest BCUT2D eigenvalue weighted by molar-refractivity contribution is 6.11. The fourth-order valence-electron chi connectivity index (χ4n) is 2.87. The first-order valence-electron chi connectivity index (χ1n) is 8.20. The van der Waals surface area contributed by atoms with E-state index >= 15 is 0 Å². The minimum absolute atomic E-state index is 0.197. The van der Waals surface area contributed by atoms with Gasteiger partial charge in [-0.3, -0.25) is 14.8 Å². The number of aryl methyl sites for hydroxylation is 1. The third kappa shape index (κ3) is 2.87. The summed E-state index contributed by atoms with van der Waals surface area (Å²) >= 11 is 0. The Balaban J connectivity index is 1.97. The zero-order chi connectivity index (χ0) is 17.1. The molecule has 6 nitrogen and oxygen atoms in total. The molecule has 0 aliphatic rings. The van der Waals surface area contributed by atoms with Crippen molar-refractivity contribution in [3.05, 3.63) is 47.9 Å². The minimum atomic E-state index is -0.197. The molecule has 0 radical (unpaired) electrons. The van der Waals surface area contributed by atoms with Crippen LogP contribution in [0.2, 0.25) is 0 Å². The van der Waals surface area contributed by atoms with Crippen molar-refractivity contribution in [3.8, 4) is 0 Å². The number of anilines is 1. The first-order valence-corrected chi connectivity index (χ1v) is 8.20. The topological polar surface area (TPSA) is 72.7 Å². The fraction of sp³-hybridized carbons (Fsp3) is 0.333. The average molecular weight is 323 g/mol. The molecule has 0 saturated carbocycles. The van der Waals surface area contributed by atoms with Gasteiger partial charge in [-0.15, -0.1) is 0 Å². The van der Waals surface area contributed by atoms with E-state index in [0.717, 1.165) is 24.2 Å². The molecule has 2 heterocycles. The molecule has 0 aliphatic heterocycles. The summed E-state index contributed by atoms with van der Waals surface area (Å²) in [5.74, 6) is 0.548. The van der Waals surface area contributed by atoms with Crippen molar-refractivity contribution < 1.29 is 4.79 Å². The standard InChI is InChI=1S/C18H21N5O/c1-4-13(5-2)23-17(12(3)11-21-23)22-18(24)14-7-6-8-15-16(14)20-10-9-19-15/h6-11,13H,4-5H2,1-3H3,(H,22,24). The molecule has 3 aromatic rings. The van der Waals surface area contributed by atoms with Gasteiger partial charge in [-0.1, -0.05) is 19.9 Å². The maximum Gasteiger partial charge on any atom is 0.259 e. The highest BCUT2D eigenvalue weighted by Crippen LogP contribution is 2.24. The molecule has 2 aromatic heterocycles. The quantitative estimate of drug-likeness (QED) is 0.776. The lowest BCUT2D eigenvalue weighted by Gasteiger charge is -2.18. The number of amides is 1. The van der Waals surface area contributed by atoms with Crippen molar-refractivity contribution >= 4 is 22.8 Å². The Labute approximate surface area is 140 Å². The SMILES string of the molecule is CCC(CC)n1ncc(C)c1NC(=O)c1cccc2nccnc12. The van der Waals surface area contributed by atoms with Gasteiger partial charge in [-0.2, -0.15) is 5.10 Å². The lowest BCUT2D eigenvalue weighted by Crippen LogP contribution is -2.19. The zero-order valence-corrected chi connectivity index (χ0v) is 14.2. The first-order chi connectivity index (χ1) is 11.7. The maximum absolute atomic E-state index is 12.8. The Hall–Kier alpha value is -2.76. The van der Waals surface area contributed by atoms with E-state index in [4.69, 9.17) is 0 Å². The molecule has 3 rings (SSSR count). The molecule has 1 amide bonds. The molecule has 6 heteroatoms. The highest BCUT2D eigenvalue weighted by Gasteiger charge is 2.18. The molecule has 24 heavy (non-hydrogen) atoms. The van der Waals surface area contributed by atoms with Crippen LogP contribution in [0.3, 0.4) is 0 Å². The van der Waals surface area contributed by atoms with Crippen molar-refractivity contribution in [2.75, 3.05) is 5.32 Å². The van der Waals surface area contributed by atoms with Gasteiger partial charge in [0.25, 0.3) is 5.91 Å². The number of hydrogen-bond acceptors (Lipinski definition) is 4. The second-order valence-electron chi connectivity index (χ2n) is 5.77. The summed E-state index contributed by atoms with van der Waals surface area (Å²) in [7, 11) is 0. The van der Waals surface area contributed by atoms with E-state index in [9.17, 15) is 4.79 Å². The van der Waals surface area contributed by atoms with E-state index in [1.54, 1.807) is 24.7 Å². The predicted molar refractivity (Wildman–Crippen MR) is 94.1 cm³/mol. The van der Waals surface area contributed by atoms with E-state index < -0.39 is 0 Å². The van der Waals surface area contributed by atoms with E-state index in [0.29, 0.717) is 16.6 Å². The summed E-state index contributed by atoms with van der Waals surface area (Å²) in [6, 6.07) is 5.69. The molecule has 0 fully saturated rings.